The van der Waals surface area contributed by atoms with E-state index in [4.69, 9.17) is 17.3 Å². The first kappa shape index (κ1) is 11.7. The fourth-order valence-electron chi connectivity index (χ4n) is 2.33. The maximum Gasteiger partial charge on any atom is 0.129 e. The highest BCUT2D eigenvalue weighted by Gasteiger charge is 2.35. The van der Waals surface area contributed by atoms with E-state index >= 15 is 0 Å². The van der Waals surface area contributed by atoms with Crippen molar-refractivity contribution in [3.05, 3.63) is 22.8 Å². The van der Waals surface area contributed by atoms with Crippen molar-refractivity contribution in [3.63, 3.8) is 0 Å². The zero-order valence-corrected chi connectivity index (χ0v) is 10.2. The van der Waals surface area contributed by atoms with Crippen LogP contribution < -0.4 is 5.73 Å². The van der Waals surface area contributed by atoms with Crippen molar-refractivity contribution in [2.24, 2.45) is 5.92 Å². The molecule has 1 aromatic heterocycles. The number of nitrogen functional groups attached to an aromatic ring is 1. The molecule has 0 aliphatic heterocycles. The van der Waals surface area contributed by atoms with Crippen LogP contribution >= 0.6 is 11.6 Å². The van der Waals surface area contributed by atoms with Crippen LogP contribution in [0.25, 0.3) is 0 Å². The molecule has 1 aromatic rings. The average molecular weight is 241 g/mol. The Morgan fingerprint density at radius 3 is 2.75 bits per heavy atom. The summed E-state index contributed by atoms with van der Waals surface area (Å²) >= 11 is 5.90. The molecule has 0 saturated heterocycles. The molecular formula is C12H17ClN2O. The quantitative estimate of drug-likeness (QED) is 0.794. The van der Waals surface area contributed by atoms with E-state index in [9.17, 15) is 5.11 Å². The zero-order chi connectivity index (χ0) is 11.8. The summed E-state index contributed by atoms with van der Waals surface area (Å²) in [5.74, 6) is 1.06. The van der Waals surface area contributed by atoms with Gasteiger partial charge in [-0.1, -0.05) is 18.5 Å². The summed E-state index contributed by atoms with van der Waals surface area (Å²) in [6.45, 7) is 2.21. The van der Waals surface area contributed by atoms with Gasteiger partial charge in [0.25, 0.3) is 0 Å². The molecule has 0 spiro atoms. The van der Waals surface area contributed by atoms with Crippen LogP contribution in [-0.2, 0) is 5.60 Å². The Morgan fingerprint density at radius 2 is 2.12 bits per heavy atom. The molecule has 16 heavy (non-hydrogen) atoms. The molecule has 0 amide bonds. The minimum atomic E-state index is -0.839. The van der Waals surface area contributed by atoms with Gasteiger partial charge in [-0.3, -0.25) is 0 Å². The van der Waals surface area contributed by atoms with Gasteiger partial charge in [-0.2, -0.15) is 0 Å². The van der Waals surface area contributed by atoms with E-state index in [0.717, 1.165) is 25.7 Å². The molecule has 0 aromatic carbocycles. The van der Waals surface area contributed by atoms with Gasteiger partial charge in [0.05, 0.1) is 10.6 Å². The second-order valence-electron chi connectivity index (χ2n) is 4.80. The van der Waals surface area contributed by atoms with Crippen molar-refractivity contribution >= 4 is 17.4 Å². The molecular weight excluding hydrogens is 224 g/mol. The zero-order valence-electron chi connectivity index (χ0n) is 9.41. The molecule has 0 bridgehead atoms. The van der Waals surface area contributed by atoms with E-state index in [0.29, 0.717) is 22.3 Å². The highest BCUT2D eigenvalue weighted by atomic mass is 35.5. The number of pyridine rings is 1. The van der Waals surface area contributed by atoms with Crippen molar-refractivity contribution in [2.45, 2.75) is 38.2 Å². The van der Waals surface area contributed by atoms with Crippen molar-refractivity contribution in [1.29, 1.82) is 0 Å². The monoisotopic (exact) mass is 240 g/mol. The molecule has 0 unspecified atom stereocenters. The first-order valence-corrected chi connectivity index (χ1v) is 6.03. The molecule has 0 atom stereocenters. The second-order valence-corrected chi connectivity index (χ2v) is 5.24. The highest BCUT2D eigenvalue weighted by Crippen LogP contribution is 2.41. The van der Waals surface area contributed by atoms with Gasteiger partial charge >= 0.3 is 0 Å². The van der Waals surface area contributed by atoms with Crippen molar-refractivity contribution in [1.82, 2.24) is 4.98 Å². The average Bonchev–Trinajstić information content (AvgIpc) is 2.26. The first-order valence-electron chi connectivity index (χ1n) is 5.65. The minimum Gasteiger partial charge on any atom is -0.385 e. The molecule has 4 heteroatoms. The molecule has 0 radical (unpaired) electrons. The standard InChI is InChI=1S/C12H17ClN2O/c1-8-2-4-12(16,5-3-8)10-6-9(13)7-15-11(10)14/h6-8,16H,2-5H2,1H3,(H2,14,15). The topological polar surface area (TPSA) is 59.1 Å². The fourth-order valence-corrected chi connectivity index (χ4v) is 2.49. The normalized spacial score (nSPS) is 30.3. The number of aromatic nitrogens is 1. The molecule has 88 valence electrons. The van der Waals surface area contributed by atoms with Gasteiger partial charge in [-0.25, -0.2) is 4.98 Å². The molecule has 1 saturated carbocycles. The predicted molar refractivity (Wildman–Crippen MR) is 65.2 cm³/mol. The van der Waals surface area contributed by atoms with Crippen LogP contribution in [0, 0.1) is 5.92 Å². The predicted octanol–water partition coefficient (Wildman–Crippen LogP) is 2.71. The van der Waals surface area contributed by atoms with Crippen LogP contribution in [0.5, 0.6) is 0 Å². The van der Waals surface area contributed by atoms with E-state index in [1.54, 1.807) is 6.07 Å². The Labute approximate surface area is 101 Å². The Hall–Kier alpha value is -0.800. The van der Waals surface area contributed by atoms with Gasteiger partial charge in [0.15, 0.2) is 0 Å². The summed E-state index contributed by atoms with van der Waals surface area (Å²) in [6, 6.07) is 1.74. The number of halogens is 1. The molecule has 2 rings (SSSR count). The lowest BCUT2D eigenvalue weighted by molar-refractivity contribution is -0.0115. The van der Waals surface area contributed by atoms with Gasteiger partial charge in [-0.05, 0) is 37.7 Å². The SMILES string of the molecule is CC1CCC(O)(c2cc(Cl)cnc2N)CC1. The molecule has 3 N–H and O–H groups in total. The lowest BCUT2D eigenvalue weighted by Gasteiger charge is -2.35. The van der Waals surface area contributed by atoms with Gasteiger partial charge in [0.1, 0.15) is 5.82 Å². The van der Waals surface area contributed by atoms with E-state index in [1.807, 2.05) is 0 Å². The molecule has 3 nitrogen and oxygen atoms in total. The van der Waals surface area contributed by atoms with Crippen molar-refractivity contribution in [2.75, 3.05) is 5.73 Å². The van der Waals surface area contributed by atoms with Gasteiger partial charge < -0.3 is 10.8 Å². The summed E-state index contributed by atoms with van der Waals surface area (Å²) in [6.07, 6.45) is 5.01. The maximum atomic E-state index is 10.6. The Morgan fingerprint density at radius 1 is 1.50 bits per heavy atom. The fraction of sp³-hybridized carbons (Fsp3) is 0.583. The minimum absolute atomic E-state index is 0.390. The Balaban J connectivity index is 2.32. The summed E-state index contributed by atoms with van der Waals surface area (Å²) in [5, 5.41) is 11.1. The third kappa shape index (κ3) is 2.15. The largest absolute Gasteiger partial charge is 0.385 e. The summed E-state index contributed by atoms with van der Waals surface area (Å²) in [4.78, 5) is 4.00. The van der Waals surface area contributed by atoms with Gasteiger partial charge in [-0.15, -0.1) is 0 Å². The number of hydrogen-bond acceptors (Lipinski definition) is 3. The number of nitrogens with two attached hydrogens (primary N) is 1. The maximum absolute atomic E-state index is 10.6. The molecule has 1 heterocycles. The smallest absolute Gasteiger partial charge is 0.129 e. The van der Waals surface area contributed by atoms with E-state index in [2.05, 4.69) is 11.9 Å². The number of rotatable bonds is 1. The van der Waals surface area contributed by atoms with E-state index in [1.165, 1.54) is 6.20 Å². The third-order valence-corrected chi connectivity index (χ3v) is 3.69. The summed E-state index contributed by atoms with van der Waals surface area (Å²) in [5.41, 5.74) is 5.66. The number of anilines is 1. The van der Waals surface area contributed by atoms with E-state index in [-0.39, 0.29) is 0 Å². The lowest BCUT2D eigenvalue weighted by Crippen LogP contribution is -2.32. The molecule has 1 fully saturated rings. The highest BCUT2D eigenvalue weighted by molar-refractivity contribution is 6.30. The van der Waals surface area contributed by atoms with E-state index < -0.39 is 5.60 Å². The molecule has 1 aliphatic carbocycles. The van der Waals surface area contributed by atoms with Crippen LogP contribution in [0.4, 0.5) is 5.82 Å². The van der Waals surface area contributed by atoms with Gasteiger partial charge in [0.2, 0.25) is 0 Å². The summed E-state index contributed by atoms with van der Waals surface area (Å²) in [7, 11) is 0. The summed E-state index contributed by atoms with van der Waals surface area (Å²) < 4.78 is 0. The van der Waals surface area contributed by atoms with Gasteiger partial charge in [0, 0.05) is 11.8 Å². The van der Waals surface area contributed by atoms with Crippen LogP contribution in [-0.4, -0.2) is 10.1 Å². The lowest BCUT2D eigenvalue weighted by atomic mass is 9.76. The first-order chi connectivity index (χ1) is 7.51. The van der Waals surface area contributed by atoms with Crippen LogP contribution in [0.1, 0.15) is 38.2 Å². The Kier molecular flexibility index (Phi) is 3.08. The second kappa shape index (κ2) is 4.22. The van der Waals surface area contributed by atoms with Crippen LogP contribution in [0.3, 0.4) is 0 Å². The van der Waals surface area contributed by atoms with Crippen LogP contribution in [0.2, 0.25) is 5.02 Å². The Bertz CT molecular complexity index is 387. The van der Waals surface area contributed by atoms with Crippen LogP contribution in [0.15, 0.2) is 12.3 Å². The van der Waals surface area contributed by atoms with Crippen molar-refractivity contribution < 1.29 is 5.11 Å². The third-order valence-electron chi connectivity index (χ3n) is 3.49. The van der Waals surface area contributed by atoms with Crippen molar-refractivity contribution in [3.8, 4) is 0 Å². The number of aliphatic hydroxyl groups is 1. The number of hydrogen-bond donors (Lipinski definition) is 2. The number of nitrogens with zero attached hydrogens (tertiary/aromatic N) is 1. The molecule has 1 aliphatic rings.